The lowest BCUT2D eigenvalue weighted by Crippen LogP contribution is -2.30. The molecule has 0 aliphatic rings. The molecule has 16 heavy (non-hydrogen) atoms. The molecule has 1 unspecified atom stereocenters. The summed E-state index contributed by atoms with van der Waals surface area (Å²) < 4.78 is 13.8. The van der Waals surface area contributed by atoms with Crippen LogP contribution in [0, 0.1) is 5.82 Å². The van der Waals surface area contributed by atoms with Crippen molar-refractivity contribution in [2.24, 2.45) is 0 Å². The molecule has 90 valence electrons. The van der Waals surface area contributed by atoms with Crippen LogP contribution in [0.5, 0.6) is 0 Å². The van der Waals surface area contributed by atoms with Gasteiger partial charge in [-0.25, -0.2) is 4.39 Å². The van der Waals surface area contributed by atoms with Gasteiger partial charge in [-0.15, -0.1) is 0 Å². The molecular formula is C13H19BrFN. The first kappa shape index (κ1) is 13.7. The molecule has 1 N–H and O–H groups in total. The van der Waals surface area contributed by atoms with Crippen molar-refractivity contribution >= 4 is 15.9 Å². The minimum absolute atomic E-state index is 0.203. The van der Waals surface area contributed by atoms with Crippen LogP contribution in [0.2, 0.25) is 0 Å². The van der Waals surface area contributed by atoms with Gasteiger partial charge >= 0.3 is 0 Å². The Morgan fingerprint density at radius 2 is 1.94 bits per heavy atom. The summed E-state index contributed by atoms with van der Waals surface area (Å²) in [5.41, 5.74) is 1.10. The van der Waals surface area contributed by atoms with E-state index in [0.717, 1.165) is 22.9 Å². The third-order valence-corrected chi connectivity index (χ3v) is 3.59. The van der Waals surface area contributed by atoms with Gasteiger partial charge in [0.1, 0.15) is 5.82 Å². The predicted molar refractivity (Wildman–Crippen MR) is 70.0 cm³/mol. The third-order valence-electron chi connectivity index (χ3n) is 2.90. The molecule has 0 heterocycles. The SMILES string of the molecule is CCC(CC)NC(C)c1ccc(F)cc1Br. The van der Waals surface area contributed by atoms with Crippen molar-refractivity contribution in [2.45, 2.75) is 45.7 Å². The lowest BCUT2D eigenvalue weighted by molar-refractivity contribution is 0.431. The Hall–Kier alpha value is -0.410. The lowest BCUT2D eigenvalue weighted by atomic mass is 10.1. The normalized spacial score (nSPS) is 13.1. The van der Waals surface area contributed by atoms with Gasteiger partial charge in [0, 0.05) is 16.6 Å². The average Bonchev–Trinajstić information content (AvgIpc) is 2.25. The zero-order chi connectivity index (χ0) is 12.1. The van der Waals surface area contributed by atoms with Crippen LogP contribution < -0.4 is 5.32 Å². The highest BCUT2D eigenvalue weighted by Crippen LogP contribution is 2.24. The largest absolute Gasteiger partial charge is 0.307 e. The molecule has 1 aromatic carbocycles. The molecule has 0 spiro atoms. The number of rotatable bonds is 5. The molecule has 1 rings (SSSR count). The van der Waals surface area contributed by atoms with E-state index in [-0.39, 0.29) is 11.9 Å². The van der Waals surface area contributed by atoms with Crippen LogP contribution in [0.4, 0.5) is 4.39 Å². The Morgan fingerprint density at radius 1 is 1.31 bits per heavy atom. The fourth-order valence-corrected chi connectivity index (χ4v) is 2.51. The zero-order valence-corrected chi connectivity index (χ0v) is 11.6. The standard InChI is InChI=1S/C13H19BrFN/c1-4-11(5-2)16-9(3)12-7-6-10(15)8-13(12)14/h6-9,11,16H,4-5H2,1-3H3. The maximum Gasteiger partial charge on any atom is 0.124 e. The lowest BCUT2D eigenvalue weighted by Gasteiger charge is -2.22. The van der Waals surface area contributed by atoms with Crippen LogP contribution in [0.25, 0.3) is 0 Å². The smallest absolute Gasteiger partial charge is 0.124 e. The molecule has 0 amide bonds. The van der Waals surface area contributed by atoms with Gasteiger partial charge in [-0.3, -0.25) is 0 Å². The van der Waals surface area contributed by atoms with Gasteiger partial charge in [0.25, 0.3) is 0 Å². The minimum Gasteiger partial charge on any atom is -0.307 e. The number of hydrogen-bond donors (Lipinski definition) is 1. The van der Waals surface area contributed by atoms with E-state index in [1.165, 1.54) is 12.1 Å². The number of halogens is 2. The average molecular weight is 288 g/mol. The summed E-state index contributed by atoms with van der Waals surface area (Å²) in [5.74, 6) is -0.203. The van der Waals surface area contributed by atoms with Crippen LogP contribution in [0.1, 0.15) is 45.2 Å². The Bertz CT molecular complexity index is 337. The molecule has 1 nitrogen and oxygen atoms in total. The molecule has 0 saturated heterocycles. The van der Waals surface area contributed by atoms with Crippen molar-refractivity contribution in [1.29, 1.82) is 0 Å². The molecule has 0 aliphatic heterocycles. The van der Waals surface area contributed by atoms with Gasteiger partial charge < -0.3 is 5.32 Å². The fourth-order valence-electron chi connectivity index (χ4n) is 1.82. The number of nitrogens with one attached hydrogen (secondary N) is 1. The Labute approximate surface area is 106 Å². The van der Waals surface area contributed by atoms with Gasteiger partial charge in [0.15, 0.2) is 0 Å². The first-order chi connectivity index (χ1) is 7.58. The Kier molecular flexibility index (Phi) is 5.42. The second-order valence-electron chi connectivity index (χ2n) is 4.07. The molecule has 0 fully saturated rings. The highest BCUT2D eigenvalue weighted by atomic mass is 79.9. The van der Waals surface area contributed by atoms with Crippen LogP contribution in [0.3, 0.4) is 0 Å². The summed E-state index contributed by atoms with van der Waals surface area (Å²) in [7, 11) is 0. The van der Waals surface area contributed by atoms with E-state index >= 15 is 0 Å². The third kappa shape index (κ3) is 3.56. The van der Waals surface area contributed by atoms with E-state index in [0.29, 0.717) is 6.04 Å². The Morgan fingerprint density at radius 3 is 2.44 bits per heavy atom. The first-order valence-corrected chi connectivity index (χ1v) is 6.58. The molecule has 1 atom stereocenters. The van der Waals surface area contributed by atoms with Crippen molar-refractivity contribution in [3.63, 3.8) is 0 Å². The van der Waals surface area contributed by atoms with Gasteiger partial charge in [-0.1, -0.05) is 35.8 Å². The van der Waals surface area contributed by atoms with Crippen molar-refractivity contribution in [1.82, 2.24) is 5.32 Å². The van der Waals surface area contributed by atoms with E-state index in [4.69, 9.17) is 0 Å². The van der Waals surface area contributed by atoms with Crippen molar-refractivity contribution in [3.05, 3.63) is 34.1 Å². The summed E-state index contributed by atoms with van der Waals surface area (Å²) in [6.45, 7) is 6.46. The summed E-state index contributed by atoms with van der Waals surface area (Å²) in [5, 5.41) is 3.54. The molecule has 0 aliphatic carbocycles. The zero-order valence-electron chi connectivity index (χ0n) is 10.1. The molecule has 0 radical (unpaired) electrons. The van der Waals surface area contributed by atoms with E-state index in [9.17, 15) is 4.39 Å². The van der Waals surface area contributed by atoms with E-state index in [1.807, 2.05) is 6.07 Å². The highest BCUT2D eigenvalue weighted by molar-refractivity contribution is 9.10. The highest BCUT2D eigenvalue weighted by Gasteiger charge is 2.13. The van der Waals surface area contributed by atoms with Gasteiger partial charge in [-0.2, -0.15) is 0 Å². The van der Waals surface area contributed by atoms with Gasteiger partial charge in [0.2, 0.25) is 0 Å². The second-order valence-corrected chi connectivity index (χ2v) is 4.92. The summed E-state index contributed by atoms with van der Waals surface area (Å²) >= 11 is 3.40. The summed E-state index contributed by atoms with van der Waals surface area (Å²) in [6, 6.07) is 5.61. The maximum atomic E-state index is 13.0. The van der Waals surface area contributed by atoms with Crippen LogP contribution in [-0.2, 0) is 0 Å². The van der Waals surface area contributed by atoms with Crippen molar-refractivity contribution in [2.75, 3.05) is 0 Å². The summed E-state index contributed by atoms with van der Waals surface area (Å²) in [4.78, 5) is 0. The molecule has 1 aromatic rings. The summed E-state index contributed by atoms with van der Waals surface area (Å²) in [6.07, 6.45) is 2.22. The topological polar surface area (TPSA) is 12.0 Å². The molecule has 3 heteroatoms. The number of benzene rings is 1. The molecule has 0 saturated carbocycles. The van der Waals surface area contributed by atoms with Gasteiger partial charge in [-0.05, 0) is 37.5 Å². The molecule has 0 bridgehead atoms. The van der Waals surface area contributed by atoms with E-state index in [2.05, 4.69) is 42.0 Å². The molecular weight excluding hydrogens is 269 g/mol. The fraction of sp³-hybridized carbons (Fsp3) is 0.538. The van der Waals surface area contributed by atoms with E-state index < -0.39 is 0 Å². The monoisotopic (exact) mass is 287 g/mol. The van der Waals surface area contributed by atoms with Gasteiger partial charge in [0.05, 0.1) is 0 Å². The Balaban J connectivity index is 2.76. The van der Waals surface area contributed by atoms with Crippen molar-refractivity contribution < 1.29 is 4.39 Å². The van der Waals surface area contributed by atoms with Crippen LogP contribution in [0.15, 0.2) is 22.7 Å². The maximum absolute atomic E-state index is 13.0. The quantitative estimate of drug-likeness (QED) is 0.845. The number of hydrogen-bond acceptors (Lipinski definition) is 1. The second kappa shape index (κ2) is 6.36. The predicted octanol–water partition coefficient (Wildman–Crippen LogP) is 4.43. The van der Waals surface area contributed by atoms with Crippen LogP contribution in [-0.4, -0.2) is 6.04 Å². The van der Waals surface area contributed by atoms with E-state index in [1.54, 1.807) is 0 Å². The van der Waals surface area contributed by atoms with Crippen LogP contribution >= 0.6 is 15.9 Å². The van der Waals surface area contributed by atoms with Crippen molar-refractivity contribution in [3.8, 4) is 0 Å². The minimum atomic E-state index is -0.203. The first-order valence-electron chi connectivity index (χ1n) is 5.79. The molecule has 0 aromatic heterocycles.